The number of hydrogen-bond acceptors (Lipinski definition) is 6. The summed E-state index contributed by atoms with van der Waals surface area (Å²) in [6.07, 6.45) is 7.57. The highest BCUT2D eigenvalue weighted by atomic mass is 16.1. The molecule has 1 aromatic heterocycles. The molecule has 39 heavy (non-hydrogen) atoms. The number of nitrogens with one attached hydrogen (secondary N) is 3. The van der Waals surface area contributed by atoms with E-state index >= 15 is 0 Å². The Hall–Kier alpha value is -4.98. The first-order valence-corrected chi connectivity index (χ1v) is 12.9. The van der Waals surface area contributed by atoms with Crippen molar-refractivity contribution in [3.63, 3.8) is 0 Å². The standard InChI is InChI=1S/C31H29N7O/c1-31(2,3)23-10-8-20(9-11-23)30(39)35-24-7-4-6-21(16-24)27-19-38-15-5-14-32-29(38)28(36-27)34-25-12-13-26-22(17-25)18-33-37-26/h4-14,16-19H,15H2,1-3H3,(H,33,37)(H,34,36)(H,35,39). The Balaban J connectivity index is 1.26. The molecule has 3 aromatic carbocycles. The van der Waals surface area contributed by atoms with Crippen LogP contribution in [0, 0.1) is 0 Å². The van der Waals surface area contributed by atoms with Gasteiger partial charge in [-0.2, -0.15) is 5.10 Å². The second kappa shape index (κ2) is 9.72. The number of rotatable bonds is 4. The molecule has 2 aliphatic rings. The van der Waals surface area contributed by atoms with Gasteiger partial charge in [0, 0.05) is 46.8 Å². The summed E-state index contributed by atoms with van der Waals surface area (Å²) in [5.74, 6) is 1.24. The Labute approximate surface area is 226 Å². The van der Waals surface area contributed by atoms with Crippen LogP contribution < -0.4 is 10.6 Å². The predicted octanol–water partition coefficient (Wildman–Crippen LogP) is 6.16. The van der Waals surface area contributed by atoms with Gasteiger partial charge in [0.05, 0.1) is 17.4 Å². The minimum atomic E-state index is -0.152. The van der Waals surface area contributed by atoms with Crippen LogP contribution in [0.15, 0.2) is 101 Å². The van der Waals surface area contributed by atoms with Gasteiger partial charge in [-0.15, -0.1) is 0 Å². The molecule has 2 aliphatic heterocycles. The monoisotopic (exact) mass is 515 g/mol. The fourth-order valence-electron chi connectivity index (χ4n) is 4.56. The summed E-state index contributed by atoms with van der Waals surface area (Å²) in [5.41, 5.74) is 6.04. The molecular formula is C31H29N7O. The number of carbonyl (C=O) groups excluding carboxylic acids is 1. The molecule has 0 saturated carbocycles. The fraction of sp³-hybridized carbons (Fsp3) is 0.161. The van der Waals surface area contributed by atoms with Crippen molar-refractivity contribution in [3.05, 3.63) is 108 Å². The van der Waals surface area contributed by atoms with Crippen LogP contribution in [0.3, 0.4) is 0 Å². The van der Waals surface area contributed by atoms with Crippen molar-refractivity contribution in [2.24, 2.45) is 9.98 Å². The maximum Gasteiger partial charge on any atom is 0.255 e. The number of hydrogen-bond donors (Lipinski definition) is 3. The lowest BCUT2D eigenvalue weighted by Gasteiger charge is -2.29. The molecule has 8 heteroatoms. The van der Waals surface area contributed by atoms with Crippen LogP contribution >= 0.6 is 0 Å². The fourth-order valence-corrected chi connectivity index (χ4v) is 4.56. The third kappa shape index (κ3) is 5.09. The number of nitrogens with zero attached hydrogens (tertiary/aromatic N) is 4. The quantitative estimate of drug-likeness (QED) is 0.303. The van der Waals surface area contributed by atoms with Gasteiger partial charge in [-0.3, -0.25) is 9.89 Å². The summed E-state index contributed by atoms with van der Waals surface area (Å²) in [6, 6.07) is 21.5. The Morgan fingerprint density at radius 2 is 1.85 bits per heavy atom. The van der Waals surface area contributed by atoms with Crippen molar-refractivity contribution in [1.82, 2.24) is 15.1 Å². The minimum absolute atomic E-state index is 0.0337. The highest BCUT2D eigenvalue weighted by Crippen LogP contribution is 2.27. The SMILES string of the molecule is CC(C)(C)c1ccc(C(=O)Nc2cccc(C3=CN4CC=CN=C4C(Nc4ccc5[nH]ncc5c4)=N3)c2)cc1. The lowest BCUT2D eigenvalue weighted by atomic mass is 9.87. The van der Waals surface area contributed by atoms with Crippen LogP contribution in [0.5, 0.6) is 0 Å². The number of benzene rings is 3. The first-order chi connectivity index (χ1) is 18.8. The van der Waals surface area contributed by atoms with Crippen molar-refractivity contribution in [3.8, 4) is 0 Å². The van der Waals surface area contributed by atoms with Crippen LogP contribution in [-0.2, 0) is 5.41 Å². The molecule has 3 N–H and O–H groups in total. The topological polar surface area (TPSA) is 97.8 Å². The number of anilines is 2. The van der Waals surface area contributed by atoms with E-state index in [-0.39, 0.29) is 11.3 Å². The van der Waals surface area contributed by atoms with E-state index in [9.17, 15) is 4.79 Å². The van der Waals surface area contributed by atoms with Gasteiger partial charge in [0.2, 0.25) is 0 Å². The Bertz CT molecular complexity index is 1680. The first kappa shape index (κ1) is 24.4. The van der Waals surface area contributed by atoms with Crippen LogP contribution in [-0.4, -0.2) is 39.2 Å². The normalized spacial score (nSPS) is 14.8. The highest BCUT2D eigenvalue weighted by molar-refractivity contribution is 6.46. The summed E-state index contributed by atoms with van der Waals surface area (Å²) < 4.78 is 0. The van der Waals surface area contributed by atoms with Crippen molar-refractivity contribution < 1.29 is 4.79 Å². The van der Waals surface area contributed by atoms with Gasteiger partial charge in [-0.05, 0) is 59.5 Å². The van der Waals surface area contributed by atoms with E-state index in [0.29, 0.717) is 23.6 Å². The molecule has 1 amide bonds. The van der Waals surface area contributed by atoms with Gasteiger partial charge in [0.25, 0.3) is 5.91 Å². The smallest absolute Gasteiger partial charge is 0.255 e. The molecule has 0 radical (unpaired) electrons. The molecule has 0 saturated heterocycles. The van der Waals surface area contributed by atoms with Crippen molar-refractivity contribution in [2.45, 2.75) is 26.2 Å². The number of fused-ring (bicyclic) bond motifs is 2. The molecule has 0 unspecified atom stereocenters. The van der Waals surface area contributed by atoms with E-state index in [1.807, 2.05) is 79.0 Å². The Morgan fingerprint density at radius 3 is 2.67 bits per heavy atom. The van der Waals surface area contributed by atoms with Crippen molar-refractivity contribution in [2.75, 3.05) is 17.2 Å². The van der Waals surface area contributed by atoms with E-state index in [4.69, 9.17) is 4.99 Å². The molecule has 194 valence electrons. The minimum Gasteiger partial charge on any atom is -0.337 e. The predicted molar refractivity (Wildman–Crippen MR) is 158 cm³/mol. The van der Waals surface area contributed by atoms with E-state index in [1.165, 1.54) is 5.56 Å². The van der Waals surface area contributed by atoms with Crippen LogP contribution in [0.25, 0.3) is 16.6 Å². The van der Waals surface area contributed by atoms with Crippen LogP contribution in [0.4, 0.5) is 11.4 Å². The van der Waals surface area contributed by atoms with E-state index in [2.05, 4.69) is 51.5 Å². The molecule has 0 bridgehead atoms. The maximum atomic E-state index is 13.0. The van der Waals surface area contributed by atoms with Gasteiger partial charge in [0.15, 0.2) is 11.7 Å². The third-order valence-electron chi connectivity index (χ3n) is 6.73. The molecule has 0 atom stereocenters. The number of amides is 1. The number of H-pyrrole nitrogens is 1. The van der Waals surface area contributed by atoms with Crippen LogP contribution in [0.2, 0.25) is 0 Å². The van der Waals surface area contributed by atoms with Gasteiger partial charge in [-0.25, -0.2) is 9.98 Å². The molecule has 0 aliphatic carbocycles. The second-order valence-corrected chi connectivity index (χ2v) is 10.6. The second-order valence-electron chi connectivity index (χ2n) is 10.6. The van der Waals surface area contributed by atoms with Gasteiger partial charge in [0.1, 0.15) is 0 Å². The number of aliphatic imine (C=N–C) groups is 2. The van der Waals surface area contributed by atoms with E-state index in [1.54, 1.807) is 12.4 Å². The summed E-state index contributed by atoms with van der Waals surface area (Å²) in [7, 11) is 0. The molecule has 6 rings (SSSR count). The molecule has 0 fully saturated rings. The zero-order chi connectivity index (χ0) is 27.0. The van der Waals surface area contributed by atoms with E-state index < -0.39 is 0 Å². The number of aromatic nitrogens is 2. The summed E-state index contributed by atoms with van der Waals surface area (Å²) in [4.78, 5) is 24.5. The summed E-state index contributed by atoms with van der Waals surface area (Å²) in [6.45, 7) is 7.16. The zero-order valence-electron chi connectivity index (χ0n) is 22.1. The molecule has 4 aromatic rings. The highest BCUT2D eigenvalue weighted by Gasteiger charge is 2.24. The third-order valence-corrected chi connectivity index (χ3v) is 6.73. The van der Waals surface area contributed by atoms with Crippen molar-refractivity contribution in [1.29, 1.82) is 0 Å². The Morgan fingerprint density at radius 1 is 1.00 bits per heavy atom. The first-order valence-electron chi connectivity index (χ1n) is 12.9. The Kier molecular flexibility index (Phi) is 6.07. The number of aromatic amines is 1. The lowest BCUT2D eigenvalue weighted by Crippen LogP contribution is -2.40. The lowest BCUT2D eigenvalue weighted by molar-refractivity contribution is 0.102. The molecular weight excluding hydrogens is 486 g/mol. The van der Waals surface area contributed by atoms with E-state index in [0.717, 1.165) is 33.7 Å². The largest absolute Gasteiger partial charge is 0.337 e. The van der Waals surface area contributed by atoms with Gasteiger partial charge < -0.3 is 15.5 Å². The summed E-state index contributed by atoms with van der Waals surface area (Å²) >= 11 is 0. The average molecular weight is 516 g/mol. The van der Waals surface area contributed by atoms with Gasteiger partial charge >= 0.3 is 0 Å². The zero-order valence-corrected chi connectivity index (χ0v) is 22.1. The molecule has 3 heterocycles. The van der Waals surface area contributed by atoms with Crippen LogP contribution in [0.1, 0.15) is 42.3 Å². The summed E-state index contributed by atoms with van der Waals surface area (Å²) in [5, 5.41) is 14.6. The molecule has 0 spiro atoms. The maximum absolute atomic E-state index is 13.0. The number of amidine groups is 2. The molecule has 8 nitrogen and oxygen atoms in total. The van der Waals surface area contributed by atoms with Crippen molar-refractivity contribution >= 4 is 45.6 Å². The average Bonchev–Trinajstić information content (AvgIpc) is 3.41. The number of carbonyl (C=O) groups is 1. The van der Waals surface area contributed by atoms with Gasteiger partial charge in [-0.1, -0.05) is 45.0 Å².